The van der Waals surface area contributed by atoms with E-state index in [4.69, 9.17) is 0 Å². The van der Waals surface area contributed by atoms with Crippen LogP contribution in [0.15, 0.2) is 30.3 Å². The molecule has 2 aliphatic rings. The Morgan fingerprint density at radius 1 is 1.14 bits per heavy atom. The van der Waals surface area contributed by atoms with Gasteiger partial charge in [0, 0.05) is 31.2 Å². The van der Waals surface area contributed by atoms with Gasteiger partial charge < -0.3 is 5.32 Å². The van der Waals surface area contributed by atoms with Crippen molar-refractivity contribution < 1.29 is 0 Å². The highest BCUT2D eigenvalue weighted by molar-refractivity contribution is 5.20. The van der Waals surface area contributed by atoms with Crippen LogP contribution in [0.4, 0.5) is 0 Å². The molecule has 1 heterocycles. The van der Waals surface area contributed by atoms with E-state index in [0.717, 1.165) is 24.4 Å². The van der Waals surface area contributed by atoms with Crippen LogP contribution < -0.4 is 5.32 Å². The Morgan fingerprint density at radius 3 is 2.52 bits per heavy atom. The molecule has 0 aromatic heterocycles. The normalized spacial score (nSPS) is 37.8. The minimum absolute atomic E-state index is 0.497. The summed E-state index contributed by atoms with van der Waals surface area (Å²) < 4.78 is 0. The van der Waals surface area contributed by atoms with Gasteiger partial charge in [0.05, 0.1) is 0 Å². The second-order valence-electron chi connectivity index (χ2n) is 7.11. The largest absolute Gasteiger partial charge is 0.307 e. The third kappa shape index (κ3) is 3.02. The van der Waals surface area contributed by atoms with Crippen molar-refractivity contribution in [2.75, 3.05) is 13.1 Å². The fourth-order valence-corrected chi connectivity index (χ4v) is 4.32. The predicted octanol–water partition coefficient (Wildman–Crippen LogP) is 3.85. The van der Waals surface area contributed by atoms with E-state index in [1.165, 1.54) is 31.4 Å². The lowest BCUT2D eigenvalue weighted by Gasteiger charge is -2.45. The molecule has 1 aliphatic carbocycles. The lowest BCUT2D eigenvalue weighted by Crippen LogP contribution is -2.56. The maximum atomic E-state index is 3.77. The van der Waals surface area contributed by atoms with Crippen LogP contribution in [0, 0.1) is 11.8 Å². The smallest absolute Gasteiger partial charge is 0.0450 e. The van der Waals surface area contributed by atoms with Crippen molar-refractivity contribution in [3.63, 3.8) is 0 Å². The Bertz CT molecular complexity index is 444. The highest BCUT2D eigenvalue weighted by Gasteiger charge is 2.39. The van der Waals surface area contributed by atoms with Gasteiger partial charge >= 0.3 is 0 Å². The zero-order valence-electron chi connectivity index (χ0n) is 13.8. The molecule has 1 aliphatic heterocycles. The van der Waals surface area contributed by atoms with Crippen molar-refractivity contribution >= 4 is 0 Å². The summed E-state index contributed by atoms with van der Waals surface area (Å²) in [5.74, 6) is 1.73. The molecule has 1 saturated carbocycles. The van der Waals surface area contributed by atoms with Gasteiger partial charge in [-0.25, -0.2) is 0 Å². The van der Waals surface area contributed by atoms with Gasteiger partial charge in [-0.15, -0.1) is 0 Å². The summed E-state index contributed by atoms with van der Waals surface area (Å²) in [6, 6.07) is 13.0. The molecule has 0 bridgehead atoms. The molecule has 1 aromatic rings. The maximum Gasteiger partial charge on any atom is 0.0450 e. The van der Waals surface area contributed by atoms with E-state index in [1.807, 2.05) is 0 Å². The molecule has 116 valence electrons. The summed E-state index contributed by atoms with van der Waals surface area (Å²) in [5.41, 5.74) is 1.44. The van der Waals surface area contributed by atoms with Crippen LogP contribution in [-0.4, -0.2) is 30.1 Å². The van der Waals surface area contributed by atoms with Crippen LogP contribution >= 0.6 is 0 Å². The number of hydrogen-bond acceptors (Lipinski definition) is 2. The SMILES string of the molecule is CCC1CNC(c2ccccc2)CN1C1CCC(C)C1C. The fraction of sp³-hybridized carbons (Fsp3) is 0.684. The van der Waals surface area contributed by atoms with Crippen LogP contribution in [0.3, 0.4) is 0 Å². The Morgan fingerprint density at radius 2 is 1.90 bits per heavy atom. The molecule has 1 saturated heterocycles. The van der Waals surface area contributed by atoms with E-state index in [9.17, 15) is 0 Å². The van der Waals surface area contributed by atoms with Crippen LogP contribution in [0.5, 0.6) is 0 Å². The predicted molar refractivity (Wildman–Crippen MR) is 89.3 cm³/mol. The maximum absolute atomic E-state index is 3.77. The van der Waals surface area contributed by atoms with Crippen LogP contribution in [0.1, 0.15) is 51.6 Å². The zero-order chi connectivity index (χ0) is 14.8. The number of benzene rings is 1. The summed E-state index contributed by atoms with van der Waals surface area (Å²) >= 11 is 0. The van der Waals surface area contributed by atoms with Gasteiger partial charge in [-0.05, 0) is 36.7 Å². The topological polar surface area (TPSA) is 15.3 Å². The minimum atomic E-state index is 0.497. The molecule has 3 rings (SSSR count). The first kappa shape index (κ1) is 15.1. The number of hydrogen-bond donors (Lipinski definition) is 1. The van der Waals surface area contributed by atoms with E-state index >= 15 is 0 Å². The Balaban J connectivity index is 1.76. The first-order chi connectivity index (χ1) is 10.2. The Hall–Kier alpha value is -0.860. The minimum Gasteiger partial charge on any atom is -0.307 e. The van der Waals surface area contributed by atoms with E-state index in [0.29, 0.717) is 12.1 Å². The van der Waals surface area contributed by atoms with Gasteiger partial charge in [0.25, 0.3) is 0 Å². The summed E-state index contributed by atoms with van der Waals surface area (Å²) in [6.07, 6.45) is 4.05. The fourth-order valence-electron chi connectivity index (χ4n) is 4.32. The standard InChI is InChI=1S/C19H30N2/c1-4-17-12-20-18(16-8-6-5-7-9-16)13-21(17)19-11-10-14(2)15(19)3/h5-9,14-15,17-20H,4,10-13H2,1-3H3. The molecule has 0 radical (unpaired) electrons. The van der Waals surface area contributed by atoms with E-state index in [2.05, 4.69) is 61.3 Å². The summed E-state index contributed by atoms with van der Waals surface area (Å²) in [6.45, 7) is 9.54. The van der Waals surface area contributed by atoms with Gasteiger partial charge in [-0.2, -0.15) is 0 Å². The second-order valence-corrected chi connectivity index (χ2v) is 7.11. The highest BCUT2D eigenvalue weighted by Crippen LogP contribution is 2.37. The highest BCUT2D eigenvalue weighted by atomic mass is 15.3. The monoisotopic (exact) mass is 286 g/mol. The average Bonchev–Trinajstić information content (AvgIpc) is 2.87. The molecule has 5 atom stereocenters. The Kier molecular flexibility index (Phi) is 4.66. The van der Waals surface area contributed by atoms with Gasteiger partial charge in [0.2, 0.25) is 0 Å². The van der Waals surface area contributed by atoms with E-state index in [-0.39, 0.29) is 0 Å². The van der Waals surface area contributed by atoms with Crippen molar-refractivity contribution in [1.29, 1.82) is 0 Å². The lowest BCUT2D eigenvalue weighted by molar-refractivity contribution is 0.0586. The molecule has 1 N–H and O–H groups in total. The number of rotatable bonds is 3. The van der Waals surface area contributed by atoms with Gasteiger partial charge in [-0.3, -0.25) is 4.90 Å². The molecule has 2 fully saturated rings. The summed E-state index contributed by atoms with van der Waals surface area (Å²) in [4.78, 5) is 2.84. The van der Waals surface area contributed by atoms with Crippen molar-refractivity contribution in [3.05, 3.63) is 35.9 Å². The molecule has 0 spiro atoms. The molecular formula is C19H30N2. The molecule has 0 amide bonds. The number of nitrogens with one attached hydrogen (secondary N) is 1. The molecule has 2 nitrogen and oxygen atoms in total. The van der Waals surface area contributed by atoms with Crippen LogP contribution in [-0.2, 0) is 0 Å². The quantitative estimate of drug-likeness (QED) is 0.908. The van der Waals surface area contributed by atoms with Crippen molar-refractivity contribution in [2.45, 2.75) is 58.2 Å². The first-order valence-corrected chi connectivity index (χ1v) is 8.74. The lowest BCUT2D eigenvalue weighted by atomic mass is 9.92. The Labute approximate surface area is 129 Å². The number of piperazine rings is 1. The molecular weight excluding hydrogens is 256 g/mol. The molecule has 1 aromatic carbocycles. The number of nitrogens with zero attached hydrogens (tertiary/aromatic N) is 1. The molecule has 21 heavy (non-hydrogen) atoms. The van der Waals surface area contributed by atoms with Crippen LogP contribution in [0.2, 0.25) is 0 Å². The van der Waals surface area contributed by atoms with Crippen molar-refractivity contribution in [2.24, 2.45) is 11.8 Å². The zero-order valence-corrected chi connectivity index (χ0v) is 13.8. The van der Waals surface area contributed by atoms with Crippen LogP contribution in [0.25, 0.3) is 0 Å². The van der Waals surface area contributed by atoms with Gasteiger partial charge in [0.1, 0.15) is 0 Å². The third-order valence-corrected chi connectivity index (χ3v) is 5.98. The van der Waals surface area contributed by atoms with E-state index in [1.54, 1.807) is 0 Å². The second kappa shape index (κ2) is 6.50. The summed E-state index contributed by atoms with van der Waals surface area (Å²) in [5, 5.41) is 3.77. The first-order valence-electron chi connectivity index (χ1n) is 8.74. The third-order valence-electron chi connectivity index (χ3n) is 5.98. The van der Waals surface area contributed by atoms with Crippen molar-refractivity contribution in [3.8, 4) is 0 Å². The average molecular weight is 286 g/mol. The molecule has 2 heteroatoms. The van der Waals surface area contributed by atoms with Gasteiger partial charge in [-0.1, -0.05) is 51.1 Å². The van der Waals surface area contributed by atoms with Crippen molar-refractivity contribution in [1.82, 2.24) is 10.2 Å². The summed E-state index contributed by atoms with van der Waals surface area (Å²) in [7, 11) is 0. The van der Waals surface area contributed by atoms with Gasteiger partial charge in [0.15, 0.2) is 0 Å². The molecule has 5 unspecified atom stereocenters. The van der Waals surface area contributed by atoms with E-state index < -0.39 is 0 Å².